The smallest absolute Gasteiger partial charge is 0.216 e. The molecule has 0 aromatic heterocycles. The van der Waals surface area contributed by atoms with E-state index in [1.165, 1.54) is 41.3 Å². The Morgan fingerprint density at radius 3 is 2.92 bits per heavy atom. The van der Waals surface area contributed by atoms with Gasteiger partial charge >= 0.3 is 0 Å². The predicted molar refractivity (Wildman–Crippen MR) is 100.0 cm³/mol. The highest BCUT2D eigenvalue weighted by atomic mass is 16.1. The average Bonchev–Trinajstić information content (AvgIpc) is 2.58. The minimum atomic E-state index is 0.0778. The Kier molecular flexibility index (Phi) is 5.52. The summed E-state index contributed by atoms with van der Waals surface area (Å²) >= 11 is 0. The molecule has 1 saturated heterocycles. The zero-order valence-electron chi connectivity index (χ0n) is 14.8. The molecule has 1 fully saturated rings. The molecule has 24 heavy (non-hydrogen) atoms. The number of benzene rings is 2. The maximum atomic E-state index is 11.0. The number of amides is 1. The van der Waals surface area contributed by atoms with Crippen molar-refractivity contribution in [2.75, 3.05) is 19.6 Å². The Morgan fingerprint density at radius 2 is 2.08 bits per heavy atom. The van der Waals surface area contributed by atoms with Crippen molar-refractivity contribution in [1.29, 1.82) is 0 Å². The minimum Gasteiger partial charge on any atom is -0.356 e. The van der Waals surface area contributed by atoms with Crippen LogP contribution in [0.4, 0.5) is 0 Å². The fraction of sp³-hybridized carbons (Fsp3) is 0.476. The fourth-order valence-electron chi connectivity index (χ4n) is 3.86. The molecule has 0 spiro atoms. The van der Waals surface area contributed by atoms with Crippen LogP contribution in [0.25, 0.3) is 10.8 Å². The molecule has 1 atom stereocenters. The maximum absolute atomic E-state index is 11.0. The second-order valence-electron chi connectivity index (χ2n) is 7.10. The zero-order valence-corrected chi connectivity index (χ0v) is 14.8. The van der Waals surface area contributed by atoms with E-state index in [2.05, 4.69) is 53.5 Å². The summed E-state index contributed by atoms with van der Waals surface area (Å²) in [6.45, 7) is 7.98. The first-order valence-corrected chi connectivity index (χ1v) is 9.07. The maximum Gasteiger partial charge on any atom is 0.216 e. The van der Waals surface area contributed by atoms with E-state index in [4.69, 9.17) is 0 Å². The van der Waals surface area contributed by atoms with E-state index in [1.54, 1.807) is 6.92 Å². The highest BCUT2D eigenvalue weighted by Gasteiger charge is 2.20. The fourth-order valence-corrected chi connectivity index (χ4v) is 3.86. The molecule has 0 aliphatic carbocycles. The first-order valence-electron chi connectivity index (χ1n) is 9.07. The van der Waals surface area contributed by atoms with E-state index in [1.807, 2.05) is 0 Å². The number of piperidine rings is 1. The Labute approximate surface area is 145 Å². The summed E-state index contributed by atoms with van der Waals surface area (Å²) in [5.74, 6) is 0.773. The SMILES string of the molecule is CC(=O)NCC[C@@H]1CCCN(Cc2c(C)ccc3ccccc23)C1. The summed E-state index contributed by atoms with van der Waals surface area (Å²) < 4.78 is 0. The van der Waals surface area contributed by atoms with Gasteiger partial charge in [0.05, 0.1) is 0 Å². The Balaban J connectivity index is 1.67. The summed E-state index contributed by atoms with van der Waals surface area (Å²) in [4.78, 5) is 13.6. The lowest BCUT2D eigenvalue weighted by Gasteiger charge is -2.33. The first-order chi connectivity index (χ1) is 11.6. The highest BCUT2D eigenvalue weighted by Crippen LogP contribution is 2.26. The van der Waals surface area contributed by atoms with Crippen LogP contribution in [0.5, 0.6) is 0 Å². The van der Waals surface area contributed by atoms with Crippen LogP contribution < -0.4 is 5.32 Å². The third-order valence-corrected chi connectivity index (χ3v) is 5.19. The van der Waals surface area contributed by atoms with E-state index < -0.39 is 0 Å². The summed E-state index contributed by atoms with van der Waals surface area (Å²) in [6, 6.07) is 13.2. The molecule has 1 N–H and O–H groups in total. The predicted octanol–water partition coefficient (Wildman–Crippen LogP) is 3.89. The van der Waals surface area contributed by atoms with Crippen LogP contribution in [0.2, 0.25) is 0 Å². The lowest BCUT2D eigenvalue weighted by molar-refractivity contribution is -0.119. The van der Waals surface area contributed by atoms with Crippen molar-refractivity contribution in [2.24, 2.45) is 5.92 Å². The van der Waals surface area contributed by atoms with Crippen LogP contribution in [0.3, 0.4) is 0 Å². The number of carbonyl (C=O) groups is 1. The molecule has 1 aliphatic rings. The average molecular weight is 324 g/mol. The van der Waals surface area contributed by atoms with E-state index >= 15 is 0 Å². The topological polar surface area (TPSA) is 32.3 Å². The molecule has 1 aliphatic heterocycles. The van der Waals surface area contributed by atoms with Gasteiger partial charge in [-0.2, -0.15) is 0 Å². The summed E-state index contributed by atoms with van der Waals surface area (Å²) in [7, 11) is 0. The number of aryl methyl sites for hydroxylation is 1. The van der Waals surface area contributed by atoms with Gasteiger partial charge in [0.15, 0.2) is 0 Å². The first kappa shape index (κ1) is 17.0. The van der Waals surface area contributed by atoms with Crippen LogP contribution in [-0.4, -0.2) is 30.4 Å². The Hall–Kier alpha value is -1.87. The molecule has 3 heteroatoms. The van der Waals surface area contributed by atoms with Gasteiger partial charge in [-0.3, -0.25) is 9.69 Å². The molecule has 2 aromatic rings. The van der Waals surface area contributed by atoms with Crippen LogP contribution in [0, 0.1) is 12.8 Å². The second kappa shape index (κ2) is 7.80. The third-order valence-electron chi connectivity index (χ3n) is 5.19. The molecule has 0 bridgehead atoms. The van der Waals surface area contributed by atoms with Gasteiger partial charge in [0, 0.05) is 26.6 Å². The highest BCUT2D eigenvalue weighted by molar-refractivity contribution is 5.86. The van der Waals surface area contributed by atoms with Crippen LogP contribution >= 0.6 is 0 Å². The van der Waals surface area contributed by atoms with Gasteiger partial charge in [0.1, 0.15) is 0 Å². The van der Waals surface area contributed by atoms with Crippen molar-refractivity contribution in [3.05, 3.63) is 47.5 Å². The summed E-state index contributed by atoms with van der Waals surface area (Å²) in [5.41, 5.74) is 2.85. The Bertz CT molecular complexity index is 710. The Morgan fingerprint density at radius 1 is 1.25 bits per heavy atom. The molecule has 1 amide bonds. The normalized spacial score (nSPS) is 18.7. The van der Waals surface area contributed by atoms with Gasteiger partial charge in [-0.05, 0) is 60.5 Å². The van der Waals surface area contributed by atoms with Gasteiger partial charge in [-0.15, -0.1) is 0 Å². The molecule has 128 valence electrons. The lowest BCUT2D eigenvalue weighted by Crippen LogP contribution is -2.36. The van der Waals surface area contributed by atoms with Crippen LogP contribution in [0.15, 0.2) is 36.4 Å². The molecule has 0 radical (unpaired) electrons. The lowest BCUT2D eigenvalue weighted by atomic mass is 9.93. The number of nitrogens with one attached hydrogen (secondary N) is 1. The monoisotopic (exact) mass is 324 g/mol. The minimum absolute atomic E-state index is 0.0778. The van der Waals surface area contributed by atoms with Gasteiger partial charge in [-0.1, -0.05) is 36.4 Å². The van der Waals surface area contributed by atoms with Crippen LogP contribution in [-0.2, 0) is 11.3 Å². The number of fused-ring (bicyclic) bond motifs is 1. The standard InChI is InChI=1S/C21H28N2O/c1-16-9-10-19-7-3-4-8-20(19)21(16)15-23-13-5-6-18(14-23)11-12-22-17(2)24/h3-4,7-10,18H,5-6,11-15H2,1-2H3,(H,22,24)/t18-/m0/s1. The number of hydrogen-bond acceptors (Lipinski definition) is 2. The second-order valence-corrected chi connectivity index (χ2v) is 7.10. The van der Waals surface area contributed by atoms with Crippen molar-refractivity contribution >= 4 is 16.7 Å². The number of carbonyl (C=O) groups excluding carboxylic acids is 1. The van der Waals surface area contributed by atoms with Gasteiger partial charge in [0.25, 0.3) is 0 Å². The van der Waals surface area contributed by atoms with E-state index in [-0.39, 0.29) is 5.91 Å². The summed E-state index contributed by atoms with van der Waals surface area (Å²) in [5, 5.41) is 5.65. The largest absolute Gasteiger partial charge is 0.356 e. The molecule has 3 rings (SSSR count). The zero-order chi connectivity index (χ0) is 16.9. The quantitative estimate of drug-likeness (QED) is 0.905. The van der Waals surface area contributed by atoms with Crippen LogP contribution in [0.1, 0.15) is 37.3 Å². The number of nitrogens with zero attached hydrogens (tertiary/aromatic N) is 1. The molecule has 2 aromatic carbocycles. The molecular weight excluding hydrogens is 296 g/mol. The van der Waals surface area contributed by atoms with Crippen molar-refractivity contribution in [3.63, 3.8) is 0 Å². The van der Waals surface area contributed by atoms with Gasteiger partial charge < -0.3 is 5.32 Å². The van der Waals surface area contributed by atoms with Crippen molar-refractivity contribution in [3.8, 4) is 0 Å². The molecule has 0 unspecified atom stereocenters. The number of hydrogen-bond donors (Lipinski definition) is 1. The van der Waals surface area contributed by atoms with Gasteiger partial charge in [-0.25, -0.2) is 0 Å². The van der Waals surface area contributed by atoms with E-state index in [0.717, 1.165) is 26.1 Å². The van der Waals surface area contributed by atoms with Crippen molar-refractivity contribution in [2.45, 2.75) is 39.7 Å². The van der Waals surface area contributed by atoms with Crippen molar-refractivity contribution in [1.82, 2.24) is 10.2 Å². The molecule has 1 heterocycles. The van der Waals surface area contributed by atoms with Gasteiger partial charge in [0.2, 0.25) is 5.91 Å². The number of likely N-dealkylation sites (tertiary alicyclic amines) is 1. The molecule has 0 saturated carbocycles. The van der Waals surface area contributed by atoms with E-state index in [0.29, 0.717) is 5.92 Å². The number of rotatable bonds is 5. The molecule has 3 nitrogen and oxygen atoms in total. The van der Waals surface area contributed by atoms with Crippen molar-refractivity contribution < 1.29 is 4.79 Å². The molecular formula is C21H28N2O. The van der Waals surface area contributed by atoms with E-state index in [9.17, 15) is 4.79 Å². The summed E-state index contributed by atoms with van der Waals surface area (Å²) in [6.07, 6.45) is 3.63. The third kappa shape index (κ3) is 4.15.